The molecule has 118 valence electrons. The van der Waals surface area contributed by atoms with Crippen molar-refractivity contribution < 1.29 is 13.6 Å². The van der Waals surface area contributed by atoms with Crippen molar-refractivity contribution in [2.24, 2.45) is 5.10 Å². The van der Waals surface area contributed by atoms with E-state index in [1.807, 2.05) is 0 Å². The largest absolute Gasteiger partial charge is 0.399 e. The summed E-state index contributed by atoms with van der Waals surface area (Å²) >= 11 is 0. The molecule has 0 aromatic heterocycles. The first-order valence-corrected chi connectivity index (χ1v) is 7.25. The fourth-order valence-electron chi connectivity index (χ4n) is 2.44. The van der Waals surface area contributed by atoms with E-state index in [9.17, 15) is 13.6 Å². The number of hydrazone groups is 1. The Balaban J connectivity index is 1.87. The average Bonchev–Trinajstić information content (AvgIpc) is 2.57. The Morgan fingerprint density at radius 3 is 2.52 bits per heavy atom. The standard InChI is InChI=1S/C17H15F2N3O/c18-14-8-5-12(10-15(14)19)16-2-1-9-22(21-16)17(23)11-3-6-13(20)7-4-11/h3-8,10H,1-2,9,20H2. The second kappa shape index (κ2) is 6.16. The molecule has 0 fully saturated rings. The SMILES string of the molecule is Nc1ccc(C(=O)N2CCCC(c3ccc(F)c(F)c3)=N2)cc1. The molecular weight excluding hydrogens is 300 g/mol. The Morgan fingerprint density at radius 1 is 1.09 bits per heavy atom. The Kier molecular flexibility index (Phi) is 4.06. The van der Waals surface area contributed by atoms with Crippen LogP contribution in [0.5, 0.6) is 0 Å². The van der Waals surface area contributed by atoms with E-state index >= 15 is 0 Å². The van der Waals surface area contributed by atoms with Crippen LogP contribution in [-0.4, -0.2) is 23.2 Å². The van der Waals surface area contributed by atoms with Gasteiger partial charge in [0.1, 0.15) is 0 Å². The lowest BCUT2D eigenvalue weighted by Crippen LogP contribution is -2.32. The average molecular weight is 315 g/mol. The first-order valence-electron chi connectivity index (χ1n) is 7.25. The van der Waals surface area contributed by atoms with Crippen molar-refractivity contribution in [2.75, 3.05) is 12.3 Å². The molecule has 6 heteroatoms. The van der Waals surface area contributed by atoms with Crippen molar-refractivity contribution in [3.63, 3.8) is 0 Å². The summed E-state index contributed by atoms with van der Waals surface area (Å²) in [4.78, 5) is 12.5. The predicted molar refractivity (Wildman–Crippen MR) is 84.0 cm³/mol. The smallest absolute Gasteiger partial charge is 0.273 e. The van der Waals surface area contributed by atoms with Crippen LogP contribution in [-0.2, 0) is 0 Å². The van der Waals surface area contributed by atoms with Gasteiger partial charge < -0.3 is 5.73 Å². The first kappa shape index (κ1) is 15.1. The first-order chi connectivity index (χ1) is 11.0. The van der Waals surface area contributed by atoms with E-state index in [-0.39, 0.29) is 5.91 Å². The van der Waals surface area contributed by atoms with Crippen LogP contribution in [0.15, 0.2) is 47.6 Å². The quantitative estimate of drug-likeness (QED) is 0.865. The van der Waals surface area contributed by atoms with Gasteiger partial charge in [0, 0.05) is 23.4 Å². The van der Waals surface area contributed by atoms with E-state index in [0.717, 1.165) is 12.1 Å². The maximum Gasteiger partial charge on any atom is 0.273 e. The third kappa shape index (κ3) is 3.21. The number of benzene rings is 2. The van der Waals surface area contributed by atoms with Gasteiger partial charge in [-0.25, -0.2) is 13.8 Å². The van der Waals surface area contributed by atoms with Gasteiger partial charge in [-0.3, -0.25) is 4.79 Å². The summed E-state index contributed by atoms with van der Waals surface area (Å²) in [7, 11) is 0. The molecule has 0 saturated heterocycles. The maximum atomic E-state index is 13.4. The minimum atomic E-state index is -0.924. The monoisotopic (exact) mass is 315 g/mol. The van der Waals surface area contributed by atoms with Gasteiger partial charge in [0.05, 0.1) is 5.71 Å². The molecule has 0 aliphatic carbocycles. The molecule has 1 heterocycles. The van der Waals surface area contributed by atoms with E-state index in [4.69, 9.17) is 5.73 Å². The zero-order valence-electron chi connectivity index (χ0n) is 12.3. The van der Waals surface area contributed by atoms with Crippen molar-refractivity contribution in [1.82, 2.24) is 5.01 Å². The molecule has 2 aromatic rings. The van der Waals surface area contributed by atoms with Gasteiger partial charge in [0.2, 0.25) is 0 Å². The lowest BCUT2D eigenvalue weighted by molar-refractivity contribution is 0.0751. The summed E-state index contributed by atoms with van der Waals surface area (Å²) < 4.78 is 26.4. The van der Waals surface area contributed by atoms with Crippen LogP contribution in [0.2, 0.25) is 0 Å². The Hall–Kier alpha value is -2.76. The van der Waals surface area contributed by atoms with Crippen molar-refractivity contribution >= 4 is 17.3 Å². The van der Waals surface area contributed by atoms with E-state index in [1.165, 1.54) is 11.1 Å². The fourth-order valence-corrected chi connectivity index (χ4v) is 2.44. The Morgan fingerprint density at radius 2 is 1.83 bits per heavy atom. The number of amides is 1. The van der Waals surface area contributed by atoms with Gasteiger partial charge >= 0.3 is 0 Å². The Bertz CT molecular complexity index is 772. The zero-order valence-corrected chi connectivity index (χ0v) is 12.3. The van der Waals surface area contributed by atoms with Gasteiger partial charge in [-0.15, -0.1) is 0 Å². The minimum absolute atomic E-state index is 0.246. The number of carbonyl (C=O) groups is 1. The predicted octanol–water partition coefficient (Wildman–Crippen LogP) is 3.19. The van der Waals surface area contributed by atoms with Crippen LogP contribution in [0.1, 0.15) is 28.8 Å². The van der Waals surface area contributed by atoms with E-state index < -0.39 is 11.6 Å². The molecule has 1 amide bonds. The van der Waals surface area contributed by atoms with Crippen LogP contribution in [0.4, 0.5) is 14.5 Å². The number of carbonyl (C=O) groups excluding carboxylic acids is 1. The van der Waals surface area contributed by atoms with Crippen LogP contribution in [0, 0.1) is 11.6 Å². The number of halogens is 2. The van der Waals surface area contributed by atoms with Crippen molar-refractivity contribution in [2.45, 2.75) is 12.8 Å². The number of hydrogen-bond donors (Lipinski definition) is 1. The summed E-state index contributed by atoms with van der Waals surface area (Å²) in [6, 6.07) is 10.2. The highest BCUT2D eigenvalue weighted by Gasteiger charge is 2.21. The fraction of sp³-hybridized carbons (Fsp3) is 0.176. The number of anilines is 1. The van der Waals surface area contributed by atoms with E-state index in [2.05, 4.69) is 5.10 Å². The molecule has 0 spiro atoms. The molecule has 0 unspecified atom stereocenters. The molecule has 1 aliphatic heterocycles. The molecule has 2 N–H and O–H groups in total. The van der Waals surface area contributed by atoms with Gasteiger partial charge in [-0.05, 0) is 55.3 Å². The third-order valence-corrected chi connectivity index (χ3v) is 3.67. The topological polar surface area (TPSA) is 58.7 Å². The molecule has 0 saturated carbocycles. The van der Waals surface area contributed by atoms with E-state index in [1.54, 1.807) is 24.3 Å². The minimum Gasteiger partial charge on any atom is -0.399 e. The highest BCUT2D eigenvalue weighted by molar-refractivity contribution is 6.03. The van der Waals surface area contributed by atoms with Crippen LogP contribution in [0.3, 0.4) is 0 Å². The number of hydrogen-bond acceptors (Lipinski definition) is 3. The summed E-state index contributed by atoms with van der Waals surface area (Å²) in [5.41, 5.74) is 7.72. The molecule has 0 radical (unpaired) electrons. The maximum absolute atomic E-state index is 13.4. The van der Waals surface area contributed by atoms with Gasteiger partial charge in [0.25, 0.3) is 5.91 Å². The highest BCUT2D eigenvalue weighted by atomic mass is 19.2. The number of rotatable bonds is 2. The number of nitrogens with zero attached hydrogens (tertiary/aromatic N) is 2. The van der Waals surface area contributed by atoms with E-state index in [0.29, 0.717) is 41.9 Å². The molecular formula is C17H15F2N3O. The second-order valence-electron chi connectivity index (χ2n) is 5.33. The molecule has 23 heavy (non-hydrogen) atoms. The number of nitrogen functional groups attached to an aromatic ring is 1. The molecule has 2 aromatic carbocycles. The third-order valence-electron chi connectivity index (χ3n) is 3.67. The van der Waals surface area contributed by atoms with Crippen molar-refractivity contribution in [1.29, 1.82) is 0 Å². The Labute approximate surface area is 132 Å². The van der Waals surface area contributed by atoms with Gasteiger partial charge in [0.15, 0.2) is 11.6 Å². The van der Waals surface area contributed by atoms with Gasteiger partial charge in [-0.2, -0.15) is 5.10 Å². The molecule has 0 atom stereocenters. The normalized spacial score (nSPS) is 14.5. The van der Waals surface area contributed by atoms with Crippen molar-refractivity contribution in [3.8, 4) is 0 Å². The summed E-state index contributed by atoms with van der Waals surface area (Å²) in [6.45, 7) is 0.483. The zero-order chi connectivity index (χ0) is 16.4. The summed E-state index contributed by atoms with van der Waals surface area (Å²) in [5.74, 6) is -2.07. The molecule has 4 nitrogen and oxygen atoms in total. The van der Waals surface area contributed by atoms with Crippen molar-refractivity contribution in [3.05, 3.63) is 65.2 Å². The number of nitrogens with two attached hydrogens (primary N) is 1. The highest BCUT2D eigenvalue weighted by Crippen LogP contribution is 2.18. The lowest BCUT2D eigenvalue weighted by Gasteiger charge is -2.24. The molecule has 1 aliphatic rings. The van der Waals surface area contributed by atoms with Crippen LogP contribution < -0.4 is 5.73 Å². The van der Waals surface area contributed by atoms with Gasteiger partial charge in [-0.1, -0.05) is 0 Å². The molecule has 0 bridgehead atoms. The van der Waals surface area contributed by atoms with Crippen LogP contribution in [0.25, 0.3) is 0 Å². The summed E-state index contributed by atoms with van der Waals surface area (Å²) in [6.07, 6.45) is 1.31. The summed E-state index contributed by atoms with van der Waals surface area (Å²) in [5, 5.41) is 5.65. The lowest BCUT2D eigenvalue weighted by atomic mass is 10.0. The van der Waals surface area contributed by atoms with Crippen LogP contribution >= 0.6 is 0 Å². The molecule has 3 rings (SSSR count). The second-order valence-corrected chi connectivity index (χ2v) is 5.33.